The molecule has 5 nitrogen and oxygen atoms in total. The largest absolute Gasteiger partial charge is 0.289 e. The van der Waals surface area contributed by atoms with Gasteiger partial charge in [-0.25, -0.2) is 4.98 Å². The molecule has 7 rings (SSSR count). The van der Waals surface area contributed by atoms with E-state index in [2.05, 4.69) is 11.0 Å². The monoisotopic (exact) mass is 556 g/mol. The first-order valence-electron chi connectivity index (χ1n) is 13.3. The Labute approximate surface area is 246 Å². The van der Waals surface area contributed by atoms with E-state index in [0.717, 1.165) is 43.1 Å². The summed E-state index contributed by atoms with van der Waals surface area (Å²) in [4.78, 5) is 21.6. The highest BCUT2D eigenvalue weighted by Crippen LogP contribution is 2.44. The summed E-state index contributed by atoms with van der Waals surface area (Å²) in [6.45, 7) is 0. The van der Waals surface area contributed by atoms with E-state index >= 15 is 0 Å². The third-order valence-electron chi connectivity index (χ3n) is 7.33. The molecule has 6 aromatic rings. The van der Waals surface area contributed by atoms with Crippen LogP contribution in [0.2, 0.25) is 0 Å². The standard InChI is InChI=1S/C36H20N4OS/c37-21-26(22-38)35-29-18-24-9-4-5-10-25(24)19-30(29)36(41)31(35)20-28-15-17-34(42-28)40(27-11-2-1-3-12-27)33-16-14-23-8-6-7-13-32(23)39-33/h1-20H/b31-20+. The Balaban J connectivity index is 1.36. The fourth-order valence-corrected chi connectivity index (χ4v) is 6.37. The van der Waals surface area contributed by atoms with Crippen molar-refractivity contribution in [1.82, 2.24) is 4.98 Å². The number of hydrogen-bond donors (Lipinski definition) is 0. The van der Waals surface area contributed by atoms with Gasteiger partial charge in [-0.05, 0) is 77.0 Å². The van der Waals surface area contributed by atoms with Crippen molar-refractivity contribution in [2.45, 2.75) is 0 Å². The molecular weight excluding hydrogens is 536 g/mol. The molecule has 1 aliphatic carbocycles. The summed E-state index contributed by atoms with van der Waals surface area (Å²) < 4.78 is 0. The van der Waals surface area contributed by atoms with E-state index < -0.39 is 0 Å². The van der Waals surface area contributed by atoms with Gasteiger partial charge in [0, 0.05) is 32.7 Å². The number of carbonyl (C=O) groups is 1. The van der Waals surface area contributed by atoms with Crippen LogP contribution in [-0.2, 0) is 0 Å². The third kappa shape index (κ3) is 4.24. The van der Waals surface area contributed by atoms with Crippen LogP contribution in [0.15, 0.2) is 126 Å². The number of rotatable bonds is 4. The molecule has 2 aromatic heterocycles. The second-order valence-corrected chi connectivity index (χ2v) is 10.9. The van der Waals surface area contributed by atoms with E-state index in [-0.39, 0.29) is 11.4 Å². The summed E-state index contributed by atoms with van der Waals surface area (Å²) in [6, 6.07) is 41.6. The van der Waals surface area contributed by atoms with Crippen LogP contribution in [0.25, 0.3) is 33.3 Å². The van der Waals surface area contributed by atoms with E-state index in [9.17, 15) is 15.3 Å². The quantitative estimate of drug-likeness (QED) is 0.160. The lowest BCUT2D eigenvalue weighted by atomic mass is 9.97. The zero-order valence-corrected chi connectivity index (χ0v) is 23.0. The Morgan fingerprint density at radius 1 is 0.738 bits per heavy atom. The molecule has 42 heavy (non-hydrogen) atoms. The first kappa shape index (κ1) is 25.2. The Kier molecular flexibility index (Phi) is 6.17. The number of carbonyl (C=O) groups excluding carboxylic acids is 1. The molecule has 0 radical (unpaired) electrons. The van der Waals surface area contributed by atoms with Gasteiger partial charge in [0.2, 0.25) is 0 Å². The average molecular weight is 557 g/mol. The number of thiophene rings is 1. The maximum atomic E-state index is 13.8. The molecule has 0 bridgehead atoms. The minimum absolute atomic E-state index is 0.0771. The van der Waals surface area contributed by atoms with Crippen molar-refractivity contribution in [3.8, 4) is 12.1 Å². The molecule has 0 unspecified atom stereocenters. The molecule has 0 atom stereocenters. The molecule has 4 aromatic carbocycles. The van der Waals surface area contributed by atoms with Crippen LogP contribution in [-0.4, -0.2) is 10.8 Å². The average Bonchev–Trinajstić information content (AvgIpc) is 3.60. The van der Waals surface area contributed by atoms with Crippen LogP contribution in [0.4, 0.5) is 16.5 Å². The lowest BCUT2D eigenvalue weighted by Crippen LogP contribution is -2.09. The third-order valence-corrected chi connectivity index (χ3v) is 8.35. The van der Waals surface area contributed by atoms with Gasteiger partial charge in [0.05, 0.1) is 5.52 Å². The van der Waals surface area contributed by atoms with Crippen molar-refractivity contribution in [3.63, 3.8) is 0 Å². The number of benzene rings is 4. The molecule has 0 fully saturated rings. The van der Waals surface area contributed by atoms with Gasteiger partial charge < -0.3 is 0 Å². The Bertz CT molecular complexity index is 2180. The lowest BCUT2D eigenvalue weighted by Gasteiger charge is -2.22. The SMILES string of the molecule is N#CC(C#N)=C1/C(=C\c2ccc(N(c3ccccc3)c3ccc4ccccc4n3)s2)C(=O)c2cc3ccccc3cc21. The summed E-state index contributed by atoms with van der Waals surface area (Å²) in [7, 11) is 0. The van der Waals surface area contributed by atoms with Crippen LogP contribution in [0, 0.1) is 22.7 Å². The van der Waals surface area contributed by atoms with Crippen LogP contribution >= 0.6 is 11.3 Å². The van der Waals surface area contributed by atoms with Crippen molar-refractivity contribution in [3.05, 3.63) is 142 Å². The fourth-order valence-electron chi connectivity index (χ4n) is 5.39. The molecule has 6 heteroatoms. The number of Topliss-reactive ketones (excluding diaryl/α,β-unsaturated/α-hetero) is 1. The molecular formula is C36H20N4OS. The van der Waals surface area contributed by atoms with Gasteiger partial charge in [-0.2, -0.15) is 10.5 Å². The minimum Gasteiger partial charge on any atom is -0.289 e. The highest BCUT2D eigenvalue weighted by molar-refractivity contribution is 7.17. The summed E-state index contributed by atoms with van der Waals surface area (Å²) in [6.07, 6.45) is 1.79. The Morgan fingerprint density at radius 2 is 1.40 bits per heavy atom. The first-order chi connectivity index (χ1) is 20.6. The smallest absolute Gasteiger partial charge is 0.194 e. The summed E-state index contributed by atoms with van der Waals surface area (Å²) in [5.74, 6) is 0.577. The number of pyridine rings is 1. The van der Waals surface area contributed by atoms with Crippen molar-refractivity contribution in [1.29, 1.82) is 10.5 Å². The van der Waals surface area contributed by atoms with E-state index in [0.29, 0.717) is 22.3 Å². The van der Waals surface area contributed by atoms with Gasteiger partial charge in [-0.1, -0.05) is 60.7 Å². The molecule has 0 aliphatic heterocycles. The highest BCUT2D eigenvalue weighted by atomic mass is 32.1. The first-order valence-corrected chi connectivity index (χ1v) is 14.1. The number of nitriles is 2. The molecule has 2 heterocycles. The second kappa shape index (κ2) is 10.3. The van der Waals surface area contributed by atoms with Gasteiger partial charge in [-0.3, -0.25) is 9.69 Å². The fraction of sp³-hybridized carbons (Fsp3) is 0. The molecule has 0 saturated heterocycles. The number of allylic oxidation sites excluding steroid dienone is 3. The number of hydrogen-bond acceptors (Lipinski definition) is 6. The maximum Gasteiger partial charge on any atom is 0.194 e. The van der Waals surface area contributed by atoms with Crippen molar-refractivity contribution < 1.29 is 4.79 Å². The van der Waals surface area contributed by atoms with E-state index in [1.165, 1.54) is 11.3 Å². The molecule has 0 saturated carbocycles. The van der Waals surface area contributed by atoms with Crippen LogP contribution < -0.4 is 4.90 Å². The van der Waals surface area contributed by atoms with Gasteiger partial charge in [-0.15, -0.1) is 11.3 Å². The predicted molar refractivity (Wildman–Crippen MR) is 169 cm³/mol. The number of aromatic nitrogens is 1. The predicted octanol–water partition coefficient (Wildman–Crippen LogP) is 9.00. The number of nitrogens with zero attached hydrogens (tertiary/aromatic N) is 4. The molecule has 0 spiro atoms. The number of ketones is 1. The van der Waals surface area contributed by atoms with E-state index in [4.69, 9.17) is 4.98 Å². The second-order valence-electron chi connectivity index (χ2n) is 9.81. The highest BCUT2D eigenvalue weighted by Gasteiger charge is 2.33. The van der Waals surface area contributed by atoms with Crippen molar-refractivity contribution in [2.75, 3.05) is 4.90 Å². The van der Waals surface area contributed by atoms with E-state index in [1.54, 1.807) is 6.08 Å². The minimum atomic E-state index is -0.195. The maximum absolute atomic E-state index is 13.8. The molecule has 1 aliphatic rings. The zero-order valence-electron chi connectivity index (χ0n) is 22.2. The summed E-state index contributed by atoms with van der Waals surface area (Å²) >= 11 is 1.50. The Morgan fingerprint density at radius 3 is 2.14 bits per heavy atom. The van der Waals surface area contributed by atoms with Gasteiger partial charge in [0.1, 0.15) is 28.5 Å². The number of anilines is 3. The van der Waals surface area contributed by atoms with Crippen LogP contribution in [0.1, 0.15) is 20.8 Å². The zero-order chi connectivity index (χ0) is 28.6. The lowest BCUT2D eigenvalue weighted by molar-refractivity contribution is 0.104. The van der Waals surface area contributed by atoms with Crippen LogP contribution in [0.3, 0.4) is 0 Å². The number of fused-ring (bicyclic) bond motifs is 3. The van der Waals surface area contributed by atoms with Crippen molar-refractivity contribution in [2.24, 2.45) is 0 Å². The topological polar surface area (TPSA) is 80.8 Å². The summed E-state index contributed by atoms with van der Waals surface area (Å²) in [5, 5.41) is 23.5. The van der Waals surface area contributed by atoms with Gasteiger partial charge >= 0.3 is 0 Å². The molecule has 0 N–H and O–H groups in total. The van der Waals surface area contributed by atoms with E-state index in [1.807, 2.05) is 121 Å². The number of para-hydroxylation sites is 2. The van der Waals surface area contributed by atoms with Crippen LogP contribution in [0.5, 0.6) is 0 Å². The molecule has 0 amide bonds. The van der Waals surface area contributed by atoms with Crippen molar-refractivity contribution >= 4 is 67.0 Å². The summed E-state index contributed by atoms with van der Waals surface area (Å²) in [5.41, 5.74) is 3.62. The Hall–Kier alpha value is -5.82. The molecule has 196 valence electrons. The van der Waals surface area contributed by atoms with Gasteiger partial charge in [0.25, 0.3) is 0 Å². The normalized spacial score (nSPS) is 13.2. The van der Waals surface area contributed by atoms with Gasteiger partial charge in [0.15, 0.2) is 5.78 Å².